The van der Waals surface area contributed by atoms with E-state index < -0.39 is 0 Å². The average molecular weight is 563 g/mol. The van der Waals surface area contributed by atoms with Gasteiger partial charge in [-0.15, -0.1) is 0 Å². The Bertz CT molecular complexity index is 1040. The topological polar surface area (TPSA) is 112 Å². The van der Waals surface area contributed by atoms with E-state index in [-0.39, 0.29) is 35.7 Å². The average Bonchev–Trinajstić information content (AvgIpc) is 3.15. The molecular formula is C33H50N6O2. The highest BCUT2D eigenvalue weighted by Crippen LogP contribution is 2.27. The second kappa shape index (κ2) is 17.4. The monoisotopic (exact) mass is 562 g/mol. The van der Waals surface area contributed by atoms with Gasteiger partial charge in [-0.2, -0.15) is 0 Å². The van der Waals surface area contributed by atoms with Gasteiger partial charge in [0.05, 0.1) is 6.04 Å². The number of aliphatic imine (C=N–C) groups is 1. The Labute approximate surface area is 246 Å². The zero-order valence-electron chi connectivity index (χ0n) is 25.1. The van der Waals surface area contributed by atoms with Crippen LogP contribution in [0.25, 0.3) is 0 Å². The van der Waals surface area contributed by atoms with Crippen molar-refractivity contribution in [3.8, 4) is 0 Å². The predicted octanol–water partition coefficient (Wildman–Crippen LogP) is 4.02. The highest BCUT2D eigenvalue weighted by molar-refractivity contribution is 5.82. The molecule has 1 aliphatic heterocycles. The molecule has 0 bridgehead atoms. The summed E-state index contributed by atoms with van der Waals surface area (Å²) in [4.78, 5) is 32.9. The van der Waals surface area contributed by atoms with Crippen LogP contribution in [0.2, 0.25) is 0 Å². The number of nitrogens with zero attached hydrogens (tertiary/aromatic N) is 2. The second-order valence-corrected chi connectivity index (χ2v) is 11.0. The molecule has 1 aliphatic rings. The molecule has 1 fully saturated rings. The minimum absolute atomic E-state index is 0.0173. The lowest BCUT2D eigenvalue weighted by molar-refractivity contribution is -0.133. The zero-order chi connectivity index (χ0) is 29.5. The van der Waals surface area contributed by atoms with E-state index in [1.54, 1.807) is 7.05 Å². The van der Waals surface area contributed by atoms with Crippen molar-refractivity contribution < 1.29 is 9.59 Å². The van der Waals surface area contributed by atoms with E-state index in [9.17, 15) is 9.59 Å². The number of nitrogens with two attached hydrogens (primary N) is 1. The molecule has 224 valence electrons. The molecule has 0 saturated carbocycles. The van der Waals surface area contributed by atoms with Crippen molar-refractivity contribution in [2.24, 2.45) is 16.6 Å². The quantitative estimate of drug-likeness (QED) is 0.149. The standard InChI is InChI=1S/C33H50N6O2/c1-4-6-14-25(5-2)31(40)37-23-28-20-22-39(32(41)30(38-28)19-13-21-36-33(34)35-3)24-29(26-15-9-7-10-16-26)27-17-11-8-12-18-27/h7-12,15-18,25,28-30,38H,4-6,13-14,19-24H2,1-3H3,(H,37,40)(H3,34,35,36). The van der Waals surface area contributed by atoms with Gasteiger partial charge in [-0.05, 0) is 43.2 Å². The molecule has 8 heteroatoms. The lowest BCUT2D eigenvalue weighted by atomic mass is 9.90. The molecule has 0 aliphatic carbocycles. The maximum Gasteiger partial charge on any atom is 0.239 e. The predicted molar refractivity (Wildman–Crippen MR) is 168 cm³/mol. The van der Waals surface area contributed by atoms with E-state index in [1.807, 2.05) is 17.0 Å². The first kappa shape index (κ1) is 32.1. The van der Waals surface area contributed by atoms with Gasteiger partial charge in [-0.3, -0.25) is 14.6 Å². The van der Waals surface area contributed by atoms with Gasteiger partial charge in [0.1, 0.15) is 0 Å². The third kappa shape index (κ3) is 10.2. The molecule has 2 aromatic rings. The summed E-state index contributed by atoms with van der Waals surface area (Å²) in [5.74, 6) is 0.753. The minimum Gasteiger partial charge on any atom is -0.370 e. The normalized spacial score (nSPS) is 18.7. The molecule has 2 aromatic carbocycles. The fourth-order valence-electron chi connectivity index (χ4n) is 5.57. The van der Waals surface area contributed by atoms with Gasteiger partial charge < -0.3 is 26.6 Å². The molecule has 1 heterocycles. The summed E-state index contributed by atoms with van der Waals surface area (Å²) in [6.45, 7) is 6.64. The molecule has 5 N–H and O–H groups in total. The number of carbonyl (C=O) groups excluding carboxylic acids is 2. The van der Waals surface area contributed by atoms with E-state index in [2.05, 4.69) is 83.3 Å². The Hall–Kier alpha value is -3.39. The largest absolute Gasteiger partial charge is 0.370 e. The van der Waals surface area contributed by atoms with Crippen LogP contribution in [-0.2, 0) is 9.59 Å². The van der Waals surface area contributed by atoms with E-state index in [4.69, 9.17) is 5.73 Å². The van der Waals surface area contributed by atoms with Crippen molar-refractivity contribution in [2.75, 3.05) is 33.2 Å². The van der Waals surface area contributed by atoms with Gasteiger partial charge in [0.2, 0.25) is 11.8 Å². The Kier molecular flexibility index (Phi) is 13.7. The van der Waals surface area contributed by atoms with Crippen LogP contribution in [0.15, 0.2) is 65.7 Å². The first-order valence-corrected chi connectivity index (χ1v) is 15.3. The zero-order valence-corrected chi connectivity index (χ0v) is 25.1. The number of benzene rings is 2. The van der Waals surface area contributed by atoms with Crippen LogP contribution in [0.5, 0.6) is 0 Å². The highest BCUT2D eigenvalue weighted by atomic mass is 16.2. The summed E-state index contributed by atoms with van der Waals surface area (Å²) in [6.07, 6.45) is 6.12. The summed E-state index contributed by atoms with van der Waals surface area (Å²) in [5.41, 5.74) is 8.19. The molecule has 8 nitrogen and oxygen atoms in total. The number of rotatable bonds is 15. The van der Waals surface area contributed by atoms with Crippen molar-refractivity contribution in [1.29, 1.82) is 0 Å². The van der Waals surface area contributed by atoms with E-state index in [0.29, 0.717) is 38.6 Å². The summed E-state index contributed by atoms with van der Waals surface area (Å²) in [6, 6.07) is 20.5. The first-order valence-electron chi connectivity index (χ1n) is 15.3. The fourth-order valence-corrected chi connectivity index (χ4v) is 5.57. The molecular weight excluding hydrogens is 512 g/mol. The van der Waals surface area contributed by atoms with E-state index >= 15 is 0 Å². The van der Waals surface area contributed by atoms with E-state index in [1.165, 1.54) is 11.1 Å². The lowest BCUT2D eigenvalue weighted by Gasteiger charge is -2.29. The lowest BCUT2D eigenvalue weighted by Crippen LogP contribution is -2.49. The molecule has 3 unspecified atom stereocenters. The van der Waals surface area contributed by atoms with Crippen LogP contribution in [0.1, 0.15) is 75.8 Å². The Morgan fingerprint density at radius 2 is 1.71 bits per heavy atom. The first-order chi connectivity index (χ1) is 20.0. The van der Waals surface area contributed by atoms with Gasteiger partial charge in [0.15, 0.2) is 5.96 Å². The fraction of sp³-hybridized carbons (Fsp3) is 0.545. The van der Waals surface area contributed by atoms with Crippen molar-refractivity contribution >= 4 is 17.8 Å². The Morgan fingerprint density at radius 3 is 2.29 bits per heavy atom. The van der Waals surface area contributed by atoms with Gasteiger partial charge in [-0.25, -0.2) is 0 Å². The van der Waals surface area contributed by atoms with Crippen LogP contribution >= 0.6 is 0 Å². The van der Waals surface area contributed by atoms with Crippen LogP contribution in [0.3, 0.4) is 0 Å². The van der Waals surface area contributed by atoms with Gasteiger partial charge in [-0.1, -0.05) is 87.4 Å². The summed E-state index contributed by atoms with van der Waals surface area (Å²) in [7, 11) is 1.65. The number of unbranched alkanes of at least 4 members (excludes halogenated alkanes) is 1. The number of hydrogen-bond donors (Lipinski definition) is 4. The van der Waals surface area contributed by atoms with E-state index in [0.717, 1.165) is 38.5 Å². The SMILES string of the molecule is CCCCC(CC)C(=O)NCC1CCN(CC(c2ccccc2)c2ccccc2)C(=O)C(CCCNC(N)=NC)N1. The van der Waals surface area contributed by atoms with Gasteiger partial charge in [0.25, 0.3) is 0 Å². The van der Waals surface area contributed by atoms with Gasteiger partial charge >= 0.3 is 0 Å². The second-order valence-electron chi connectivity index (χ2n) is 11.0. The summed E-state index contributed by atoms with van der Waals surface area (Å²) >= 11 is 0. The smallest absolute Gasteiger partial charge is 0.239 e. The molecule has 0 radical (unpaired) electrons. The Balaban J connectivity index is 1.75. The number of hydrogen-bond acceptors (Lipinski definition) is 4. The molecule has 1 saturated heterocycles. The van der Waals surface area contributed by atoms with Crippen LogP contribution in [-0.4, -0.2) is 68.0 Å². The van der Waals surface area contributed by atoms with Crippen LogP contribution < -0.4 is 21.7 Å². The highest BCUT2D eigenvalue weighted by Gasteiger charge is 2.32. The number of guanidine groups is 1. The molecule has 41 heavy (non-hydrogen) atoms. The number of nitrogens with one attached hydrogen (secondary N) is 3. The minimum atomic E-state index is -0.338. The number of carbonyl (C=O) groups is 2. The van der Waals surface area contributed by atoms with Gasteiger partial charge in [0, 0.05) is 51.1 Å². The molecule has 2 amide bonds. The summed E-state index contributed by atoms with van der Waals surface area (Å²) in [5, 5.41) is 9.90. The third-order valence-corrected chi connectivity index (χ3v) is 8.11. The molecule has 3 rings (SSSR count). The maximum absolute atomic E-state index is 14.0. The van der Waals surface area contributed by atoms with Crippen molar-refractivity contribution in [1.82, 2.24) is 20.9 Å². The molecule has 0 aromatic heterocycles. The van der Waals surface area contributed by atoms with Crippen molar-refractivity contribution in [3.05, 3.63) is 71.8 Å². The molecule has 3 atom stereocenters. The van der Waals surface area contributed by atoms with Crippen molar-refractivity contribution in [3.63, 3.8) is 0 Å². The van der Waals surface area contributed by atoms with Crippen LogP contribution in [0, 0.1) is 5.92 Å². The maximum atomic E-state index is 14.0. The third-order valence-electron chi connectivity index (χ3n) is 8.11. The molecule has 0 spiro atoms. The summed E-state index contributed by atoms with van der Waals surface area (Å²) < 4.78 is 0. The number of amides is 2. The van der Waals surface area contributed by atoms with Crippen molar-refractivity contribution in [2.45, 2.75) is 76.8 Å². The Morgan fingerprint density at radius 1 is 1.05 bits per heavy atom. The van der Waals surface area contributed by atoms with Crippen LogP contribution in [0.4, 0.5) is 0 Å².